The monoisotopic (exact) mass is 192 g/mol. The van der Waals surface area contributed by atoms with Gasteiger partial charge in [-0.25, -0.2) is 0 Å². The number of hydrogen-bond acceptors (Lipinski definition) is 2. The molecule has 0 saturated carbocycles. The van der Waals surface area contributed by atoms with Crippen molar-refractivity contribution in [3.8, 4) is 0 Å². The van der Waals surface area contributed by atoms with Gasteiger partial charge in [0.15, 0.2) is 5.79 Å². The average molecular weight is 192 g/mol. The average Bonchev–Trinajstić information content (AvgIpc) is 2.19. The molecule has 2 heteroatoms. The third-order valence-electron chi connectivity index (χ3n) is 2.90. The van der Waals surface area contributed by atoms with Crippen molar-refractivity contribution in [1.29, 1.82) is 0 Å². The van der Waals surface area contributed by atoms with Gasteiger partial charge in [0.05, 0.1) is 0 Å². The fourth-order valence-corrected chi connectivity index (χ4v) is 1.99. The summed E-state index contributed by atoms with van der Waals surface area (Å²) in [7, 11) is 0. The van der Waals surface area contributed by atoms with Crippen molar-refractivity contribution < 1.29 is 10.2 Å². The Hall–Kier alpha value is -0.860. The molecule has 0 heterocycles. The molecule has 2 rings (SSSR count). The molecule has 0 fully saturated rings. The van der Waals surface area contributed by atoms with Crippen LogP contribution in [-0.4, -0.2) is 16.0 Å². The van der Waals surface area contributed by atoms with Crippen LogP contribution < -0.4 is 0 Å². The van der Waals surface area contributed by atoms with Crippen molar-refractivity contribution in [1.82, 2.24) is 0 Å². The normalized spacial score (nSPS) is 25.6. The van der Waals surface area contributed by atoms with E-state index in [9.17, 15) is 10.2 Å². The SMILES string of the molecule is OC1(O)CC=C(C2=CC=CCC2)CC1. The van der Waals surface area contributed by atoms with Crippen LogP contribution in [0.15, 0.2) is 35.5 Å². The van der Waals surface area contributed by atoms with Crippen molar-refractivity contribution in [2.24, 2.45) is 0 Å². The van der Waals surface area contributed by atoms with Crippen molar-refractivity contribution in [2.75, 3.05) is 0 Å². The predicted molar refractivity (Wildman–Crippen MR) is 55.6 cm³/mol. The maximum Gasteiger partial charge on any atom is 0.166 e. The molecular weight excluding hydrogens is 176 g/mol. The third-order valence-corrected chi connectivity index (χ3v) is 2.90. The molecule has 0 aromatic rings. The van der Waals surface area contributed by atoms with E-state index >= 15 is 0 Å². The summed E-state index contributed by atoms with van der Waals surface area (Å²) in [5.74, 6) is -1.46. The van der Waals surface area contributed by atoms with Crippen molar-refractivity contribution in [3.63, 3.8) is 0 Å². The molecule has 0 radical (unpaired) electrons. The minimum absolute atomic E-state index is 0.364. The van der Waals surface area contributed by atoms with E-state index in [0.717, 1.165) is 19.3 Å². The second-order valence-corrected chi connectivity index (χ2v) is 4.07. The van der Waals surface area contributed by atoms with Crippen LogP contribution in [0.5, 0.6) is 0 Å². The predicted octanol–water partition coefficient (Wildman–Crippen LogP) is 2.05. The van der Waals surface area contributed by atoms with Gasteiger partial charge in [-0.1, -0.05) is 24.3 Å². The van der Waals surface area contributed by atoms with Crippen molar-refractivity contribution >= 4 is 0 Å². The lowest BCUT2D eigenvalue weighted by Crippen LogP contribution is -2.29. The molecule has 2 N–H and O–H groups in total. The van der Waals surface area contributed by atoms with E-state index in [1.807, 2.05) is 6.08 Å². The first-order valence-corrected chi connectivity index (χ1v) is 5.17. The molecule has 2 nitrogen and oxygen atoms in total. The van der Waals surface area contributed by atoms with Crippen LogP contribution in [0.2, 0.25) is 0 Å². The number of allylic oxidation sites excluding steroid dienone is 5. The van der Waals surface area contributed by atoms with E-state index in [2.05, 4.69) is 18.2 Å². The van der Waals surface area contributed by atoms with Crippen LogP contribution in [-0.2, 0) is 0 Å². The lowest BCUT2D eigenvalue weighted by Gasteiger charge is -2.27. The van der Waals surface area contributed by atoms with Gasteiger partial charge in [0, 0.05) is 12.8 Å². The Bertz CT molecular complexity index is 308. The molecule has 0 unspecified atom stereocenters. The number of rotatable bonds is 1. The number of hydrogen-bond donors (Lipinski definition) is 2. The van der Waals surface area contributed by atoms with Crippen molar-refractivity contribution in [3.05, 3.63) is 35.5 Å². The van der Waals surface area contributed by atoms with Gasteiger partial charge in [0.2, 0.25) is 0 Å². The van der Waals surface area contributed by atoms with Crippen molar-refractivity contribution in [2.45, 2.75) is 37.9 Å². The topological polar surface area (TPSA) is 40.5 Å². The fourth-order valence-electron chi connectivity index (χ4n) is 1.99. The van der Waals surface area contributed by atoms with Crippen LogP contribution in [0.4, 0.5) is 0 Å². The van der Waals surface area contributed by atoms with Gasteiger partial charge in [-0.3, -0.25) is 0 Å². The molecule has 0 aromatic carbocycles. The van der Waals surface area contributed by atoms with E-state index in [1.54, 1.807) is 0 Å². The summed E-state index contributed by atoms with van der Waals surface area (Å²) in [6.07, 6.45) is 12.1. The van der Waals surface area contributed by atoms with E-state index < -0.39 is 5.79 Å². The summed E-state index contributed by atoms with van der Waals surface area (Å²) in [4.78, 5) is 0. The zero-order chi connectivity index (χ0) is 10.0. The molecule has 0 spiro atoms. The van der Waals surface area contributed by atoms with E-state index in [0.29, 0.717) is 12.8 Å². The van der Waals surface area contributed by atoms with Gasteiger partial charge in [-0.15, -0.1) is 0 Å². The fraction of sp³-hybridized carbons (Fsp3) is 0.500. The summed E-state index contributed by atoms with van der Waals surface area (Å²) in [5, 5.41) is 18.7. The Kier molecular flexibility index (Phi) is 2.57. The lowest BCUT2D eigenvalue weighted by molar-refractivity contribution is -0.164. The zero-order valence-corrected chi connectivity index (χ0v) is 8.24. The first kappa shape index (κ1) is 9.69. The lowest BCUT2D eigenvalue weighted by atomic mass is 9.87. The summed E-state index contributed by atoms with van der Waals surface area (Å²) < 4.78 is 0. The van der Waals surface area contributed by atoms with Gasteiger partial charge in [-0.2, -0.15) is 0 Å². The summed E-state index contributed by atoms with van der Waals surface area (Å²) >= 11 is 0. The Balaban J connectivity index is 2.10. The van der Waals surface area contributed by atoms with Gasteiger partial charge in [0.25, 0.3) is 0 Å². The highest BCUT2D eigenvalue weighted by Crippen LogP contribution is 2.32. The molecule has 0 aliphatic heterocycles. The standard InChI is InChI=1S/C12H16O2/c13-12(14)8-6-11(7-9-12)10-4-2-1-3-5-10/h1-2,4,6,13-14H,3,5,7-9H2. The Morgan fingerprint density at radius 3 is 2.57 bits per heavy atom. The minimum Gasteiger partial charge on any atom is -0.365 e. The van der Waals surface area contributed by atoms with Gasteiger partial charge in [0.1, 0.15) is 0 Å². The summed E-state index contributed by atoms with van der Waals surface area (Å²) in [6, 6.07) is 0. The molecule has 0 aromatic heterocycles. The van der Waals surface area contributed by atoms with E-state index in [-0.39, 0.29) is 0 Å². The Morgan fingerprint density at radius 2 is 2.00 bits per heavy atom. The van der Waals surface area contributed by atoms with Crippen LogP contribution in [0.1, 0.15) is 32.1 Å². The smallest absolute Gasteiger partial charge is 0.166 e. The highest BCUT2D eigenvalue weighted by atomic mass is 16.5. The molecule has 2 aliphatic carbocycles. The van der Waals surface area contributed by atoms with E-state index in [1.165, 1.54) is 11.1 Å². The highest BCUT2D eigenvalue weighted by molar-refractivity contribution is 5.37. The van der Waals surface area contributed by atoms with Crippen LogP contribution >= 0.6 is 0 Å². The van der Waals surface area contributed by atoms with Gasteiger partial charge < -0.3 is 10.2 Å². The van der Waals surface area contributed by atoms with Crippen LogP contribution in [0.3, 0.4) is 0 Å². The molecule has 0 atom stereocenters. The van der Waals surface area contributed by atoms with E-state index in [4.69, 9.17) is 0 Å². The van der Waals surface area contributed by atoms with Gasteiger partial charge in [-0.05, 0) is 30.4 Å². The first-order valence-electron chi connectivity index (χ1n) is 5.17. The van der Waals surface area contributed by atoms with Crippen LogP contribution in [0.25, 0.3) is 0 Å². The molecular formula is C12H16O2. The first-order chi connectivity index (χ1) is 6.67. The molecule has 14 heavy (non-hydrogen) atoms. The van der Waals surface area contributed by atoms with Crippen LogP contribution in [0, 0.1) is 0 Å². The molecule has 0 amide bonds. The zero-order valence-electron chi connectivity index (χ0n) is 8.24. The maximum absolute atomic E-state index is 9.37. The Morgan fingerprint density at radius 1 is 1.14 bits per heavy atom. The summed E-state index contributed by atoms with van der Waals surface area (Å²) in [6.45, 7) is 0. The second kappa shape index (κ2) is 3.71. The highest BCUT2D eigenvalue weighted by Gasteiger charge is 2.26. The summed E-state index contributed by atoms with van der Waals surface area (Å²) in [5.41, 5.74) is 2.66. The Labute approximate surface area is 84.3 Å². The molecule has 76 valence electrons. The molecule has 0 saturated heterocycles. The maximum atomic E-state index is 9.37. The quantitative estimate of drug-likeness (QED) is 0.624. The third kappa shape index (κ3) is 2.14. The number of aliphatic hydroxyl groups is 2. The second-order valence-electron chi connectivity index (χ2n) is 4.07. The molecule has 2 aliphatic rings. The largest absolute Gasteiger partial charge is 0.365 e. The minimum atomic E-state index is -1.46. The molecule has 0 bridgehead atoms. The van der Waals surface area contributed by atoms with Gasteiger partial charge >= 0.3 is 0 Å².